The Balaban J connectivity index is 2.11. The van der Waals surface area contributed by atoms with Crippen LogP contribution in [0.15, 0.2) is 29.0 Å². The van der Waals surface area contributed by atoms with E-state index in [4.69, 9.17) is 17.3 Å². The number of hydrogen-bond acceptors (Lipinski definition) is 2. The zero-order chi connectivity index (χ0) is 12.0. The van der Waals surface area contributed by atoms with Crippen molar-refractivity contribution in [1.29, 1.82) is 0 Å². The summed E-state index contributed by atoms with van der Waals surface area (Å²) in [6.45, 7) is 0. The predicted octanol–water partition coefficient (Wildman–Crippen LogP) is 3.88. The van der Waals surface area contributed by atoms with Crippen LogP contribution in [0.4, 0.5) is 5.82 Å². The van der Waals surface area contributed by atoms with Crippen molar-refractivity contribution >= 4 is 33.3 Å². The van der Waals surface area contributed by atoms with Gasteiger partial charge < -0.3 is 10.3 Å². The van der Waals surface area contributed by atoms with Crippen molar-refractivity contribution < 1.29 is 0 Å². The molecule has 0 spiro atoms. The molecule has 0 radical (unpaired) electrons. The minimum absolute atomic E-state index is 0.536. The molecule has 1 aliphatic rings. The Morgan fingerprint density at radius 1 is 1.41 bits per heavy atom. The van der Waals surface area contributed by atoms with Gasteiger partial charge in [0.25, 0.3) is 0 Å². The van der Waals surface area contributed by atoms with Crippen LogP contribution in [0.3, 0.4) is 0 Å². The molecule has 3 rings (SSSR count). The molecule has 1 fully saturated rings. The third-order valence-electron chi connectivity index (χ3n) is 2.96. The first-order chi connectivity index (χ1) is 8.16. The molecule has 5 heteroatoms. The maximum atomic E-state index is 6.13. The van der Waals surface area contributed by atoms with E-state index in [-0.39, 0.29) is 0 Å². The molecule has 17 heavy (non-hydrogen) atoms. The van der Waals surface area contributed by atoms with E-state index in [0.717, 1.165) is 21.5 Å². The highest BCUT2D eigenvalue weighted by Gasteiger charge is 2.26. The van der Waals surface area contributed by atoms with E-state index in [1.807, 2.05) is 29.1 Å². The van der Waals surface area contributed by atoms with Gasteiger partial charge >= 0.3 is 0 Å². The molecule has 2 N–H and O–H groups in total. The van der Waals surface area contributed by atoms with E-state index in [1.54, 1.807) is 0 Å². The van der Waals surface area contributed by atoms with Gasteiger partial charge in [-0.2, -0.15) is 0 Å². The zero-order valence-corrected chi connectivity index (χ0v) is 11.4. The van der Waals surface area contributed by atoms with Crippen molar-refractivity contribution in [3.8, 4) is 11.3 Å². The maximum Gasteiger partial charge on any atom is 0.131 e. The molecule has 0 bridgehead atoms. The van der Waals surface area contributed by atoms with Gasteiger partial charge in [0.1, 0.15) is 11.5 Å². The Morgan fingerprint density at radius 3 is 2.88 bits per heavy atom. The van der Waals surface area contributed by atoms with E-state index >= 15 is 0 Å². The molecule has 0 unspecified atom stereocenters. The quantitative estimate of drug-likeness (QED) is 0.914. The minimum Gasteiger partial charge on any atom is -0.383 e. The molecule has 1 aromatic heterocycles. The summed E-state index contributed by atoms with van der Waals surface area (Å²) in [5, 5.41) is 0.684. The zero-order valence-electron chi connectivity index (χ0n) is 9.03. The predicted molar refractivity (Wildman–Crippen MR) is 73.1 cm³/mol. The summed E-state index contributed by atoms with van der Waals surface area (Å²) in [6, 6.07) is 6.16. The van der Waals surface area contributed by atoms with Crippen LogP contribution in [0.2, 0.25) is 5.02 Å². The molecule has 2 aromatic rings. The molecule has 1 aliphatic carbocycles. The smallest absolute Gasteiger partial charge is 0.131 e. The van der Waals surface area contributed by atoms with E-state index < -0.39 is 0 Å². The van der Waals surface area contributed by atoms with Crippen LogP contribution >= 0.6 is 27.5 Å². The van der Waals surface area contributed by atoms with Crippen molar-refractivity contribution in [3.63, 3.8) is 0 Å². The average molecular weight is 313 g/mol. The number of nitrogen functional groups attached to an aromatic ring is 1. The third-order valence-corrected chi connectivity index (χ3v) is 3.88. The summed E-state index contributed by atoms with van der Waals surface area (Å²) in [5.74, 6) is 0.718. The lowest BCUT2D eigenvalue weighted by Crippen LogP contribution is -1.99. The van der Waals surface area contributed by atoms with Gasteiger partial charge in [0, 0.05) is 21.1 Å². The average Bonchev–Trinajstić information content (AvgIpc) is 3.07. The summed E-state index contributed by atoms with van der Waals surface area (Å²) in [7, 11) is 0. The van der Waals surface area contributed by atoms with Gasteiger partial charge in [-0.05, 0) is 31.0 Å². The normalized spacial score (nSPS) is 15.2. The van der Waals surface area contributed by atoms with Crippen LogP contribution in [-0.4, -0.2) is 9.55 Å². The molecule has 3 nitrogen and oxygen atoms in total. The summed E-state index contributed by atoms with van der Waals surface area (Å²) < 4.78 is 3.00. The molecule has 1 aromatic carbocycles. The number of halogens is 2. The van der Waals surface area contributed by atoms with Gasteiger partial charge in [0.2, 0.25) is 0 Å². The fourth-order valence-corrected chi connectivity index (χ4v) is 2.51. The van der Waals surface area contributed by atoms with Crippen LogP contribution < -0.4 is 5.73 Å². The van der Waals surface area contributed by atoms with Crippen molar-refractivity contribution in [3.05, 3.63) is 34.0 Å². The van der Waals surface area contributed by atoms with Gasteiger partial charge in [-0.25, -0.2) is 4.98 Å². The molecular weight excluding hydrogens is 302 g/mol. The maximum absolute atomic E-state index is 6.13. The van der Waals surface area contributed by atoms with Crippen LogP contribution in [0.5, 0.6) is 0 Å². The lowest BCUT2D eigenvalue weighted by atomic mass is 10.1. The summed E-state index contributed by atoms with van der Waals surface area (Å²) in [4.78, 5) is 4.40. The van der Waals surface area contributed by atoms with Crippen molar-refractivity contribution in [2.45, 2.75) is 18.9 Å². The second kappa shape index (κ2) is 4.03. The molecule has 0 amide bonds. The molecule has 1 saturated carbocycles. The van der Waals surface area contributed by atoms with Crippen LogP contribution in [0.1, 0.15) is 18.9 Å². The first kappa shape index (κ1) is 11.1. The molecule has 0 atom stereocenters. The van der Waals surface area contributed by atoms with Gasteiger partial charge in [0.15, 0.2) is 0 Å². The van der Waals surface area contributed by atoms with E-state index in [1.165, 1.54) is 12.8 Å². The molecular formula is C12H11BrClN3. The highest BCUT2D eigenvalue weighted by atomic mass is 79.9. The van der Waals surface area contributed by atoms with Crippen molar-refractivity contribution in [2.24, 2.45) is 0 Å². The lowest BCUT2D eigenvalue weighted by molar-refractivity contribution is 0.751. The highest BCUT2D eigenvalue weighted by molar-refractivity contribution is 9.10. The SMILES string of the molecule is Nc1c(-c2cc(Cl)ccc2Br)ncn1C1CC1. The number of anilines is 1. The number of hydrogen-bond donors (Lipinski definition) is 1. The van der Waals surface area contributed by atoms with Gasteiger partial charge in [0.05, 0.1) is 6.33 Å². The fraction of sp³-hybridized carbons (Fsp3) is 0.250. The number of nitrogens with two attached hydrogens (primary N) is 1. The van der Waals surface area contributed by atoms with E-state index in [9.17, 15) is 0 Å². The van der Waals surface area contributed by atoms with Crippen LogP contribution in [-0.2, 0) is 0 Å². The first-order valence-electron chi connectivity index (χ1n) is 5.44. The van der Waals surface area contributed by atoms with Gasteiger partial charge in [-0.1, -0.05) is 27.5 Å². The molecule has 88 valence electrons. The number of nitrogens with zero attached hydrogens (tertiary/aromatic N) is 2. The van der Waals surface area contributed by atoms with Gasteiger partial charge in [-0.3, -0.25) is 0 Å². The Labute approximate surface area is 113 Å². The number of rotatable bonds is 2. The topological polar surface area (TPSA) is 43.8 Å². The monoisotopic (exact) mass is 311 g/mol. The summed E-state index contributed by atoms with van der Waals surface area (Å²) >= 11 is 9.50. The summed E-state index contributed by atoms with van der Waals surface area (Å²) in [5.41, 5.74) is 7.87. The Kier molecular flexibility index (Phi) is 2.64. The largest absolute Gasteiger partial charge is 0.383 e. The van der Waals surface area contributed by atoms with Crippen molar-refractivity contribution in [2.75, 3.05) is 5.73 Å². The Hall–Kier alpha value is -1.00. The first-order valence-corrected chi connectivity index (χ1v) is 6.61. The minimum atomic E-state index is 0.536. The Bertz CT molecular complexity index is 575. The number of aromatic nitrogens is 2. The second-order valence-electron chi connectivity index (χ2n) is 4.24. The molecule has 1 heterocycles. The highest BCUT2D eigenvalue weighted by Crippen LogP contribution is 2.40. The van der Waals surface area contributed by atoms with Crippen LogP contribution in [0.25, 0.3) is 11.3 Å². The number of imidazole rings is 1. The Morgan fingerprint density at radius 2 is 2.18 bits per heavy atom. The third kappa shape index (κ3) is 1.96. The lowest BCUT2D eigenvalue weighted by Gasteiger charge is -2.05. The second-order valence-corrected chi connectivity index (χ2v) is 5.53. The van der Waals surface area contributed by atoms with E-state index in [0.29, 0.717) is 11.1 Å². The summed E-state index contributed by atoms with van der Waals surface area (Å²) in [6.07, 6.45) is 4.20. The standard InChI is InChI=1S/C12H11BrClN3/c13-10-4-1-7(14)5-9(10)11-12(15)17(6-16-11)8-2-3-8/h1,4-6,8H,2-3,15H2. The fourth-order valence-electron chi connectivity index (χ4n) is 1.90. The van der Waals surface area contributed by atoms with Gasteiger partial charge in [-0.15, -0.1) is 0 Å². The van der Waals surface area contributed by atoms with Crippen LogP contribution in [0, 0.1) is 0 Å². The number of benzene rings is 1. The van der Waals surface area contributed by atoms with E-state index in [2.05, 4.69) is 20.9 Å². The van der Waals surface area contributed by atoms with Crippen molar-refractivity contribution in [1.82, 2.24) is 9.55 Å². The molecule has 0 aliphatic heterocycles. The molecule has 0 saturated heterocycles.